The Bertz CT molecular complexity index is 686. The molecule has 0 unspecified atom stereocenters. The van der Waals surface area contributed by atoms with Crippen LogP contribution in [0.2, 0.25) is 5.02 Å². The molecule has 0 saturated carbocycles. The Morgan fingerprint density at radius 3 is 2.59 bits per heavy atom. The summed E-state index contributed by atoms with van der Waals surface area (Å²) in [5.74, 6) is -0.155. The highest BCUT2D eigenvalue weighted by Crippen LogP contribution is 2.23. The van der Waals surface area contributed by atoms with E-state index in [1.807, 2.05) is 32.0 Å². The summed E-state index contributed by atoms with van der Waals surface area (Å²) in [6, 6.07) is 11.0. The second-order valence-corrected chi connectivity index (χ2v) is 5.60. The molecule has 0 atom stereocenters. The number of aryl methyl sites for hydroxylation is 2. The summed E-state index contributed by atoms with van der Waals surface area (Å²) in [7, 11) is 0. The standard InChI is InChI=1S/C17H19ClN2O2/c1-11-3-6-15(12(2)7-11)20-17(22)9-19-16-8-13(10-21)4-5-14(16)18/h3-8,19,21H,9-10H2,1-2H3,(H,20,22). The average molecular weight is 319 g/mol. The Kier molecular flexibility index (Phi) is 5.41. The van der Waals surface area contributed by atoms with Crippen molar-refractivity contribution in [1.82, 2.24) is 0 Å². The van der Waals surface area contributed by atoms with Crippen molar-refractivity contribution in [3.8, 4) is 0 Å². The summed E-state index contributed by atoms with van der Waals surface area (Å²) in [6.45, 7) is 4.00. The quantitative estimate of drug-likeness (QED) is 0.790. The van der Waals surface area contributed by atoms with E-state index >= 15 is 0 Å². The summed E-state index contributed by atoms with van der Waals surface area (Å²) in [5.41, 5.74) is 4.34. The third-order valence-electron chi connectivity index (χ3n) is 3.31. The number of carbonyl (C=O) groups is 1. The first-order chi connectivity index (χ1) is 10.5. The van der Waals surface area contributed by atoms with Gasteiger partial charge in [0.05, 0.1) is 23.9 Å². The van der Waals surface area contributed by atoms with Gasteiger partial charge in [0.1, 0.15) is 0 Å². The topological polar surface area (TPSA) is 61.4 Å². The summed E-state index contributed by atoms with van der Waals surface area (Å²) >= 11 is 6.06. The van der Waals surface area contributed by atoms with Crippen molar-refractivity contribution in [3.63, 3.8) is 0 Å². The molecule has 116 valence electrons. The molecule has 4 nitrogen and oxygen atoms in total. The number of nitrogens with one attached hydrogen (secondary N) is 2. The number of carbonyl (C=O) groups excluding carboxylic acids is 1. The molecule has 0 heterocycles. The van der Waals surface area contributed by atoms with Crippen molar-refractivity contribution in [2.45, 2.75) is 20.5 Å². The minimum absolute atomic E-state index is 0.0688. The van der Waals surface area contributed by atoms with Crippen LogP contribution in [-0.2, 0) is 11.4 Å². The number of hydrogen-bond donors (Lipinski definition) is 3. The van der Waals surface area contributed by atoms with Crippen molar-refractivity contribution >= 4 is 28.9 Å². The van der Waals surface area contributed by atoms with Crippen LogP contribution in [0.3, 0.4) is 0 Å². The molecule has 2 aromatic rings. The van der Waals surface area contributed by atoms with Crippen LogP contribution in [-0.4, -0.2) is 17.6 Å². The van der Waals surface area contributed by atoms with Crippen molar-refractivity contribution in [2.24, 2.45) is 0 Å². The lowest BCUT2D eigenvalue weighted by Gasteiger charge is -2.12. The van der Waals surface area contributed by atoms with E-state index < -0.39 is 0 Å². The van der Waals surface area contributed by atoms with Gasteiger partial charge in [-0.15, -0.1) is 0 Å². The molecule has 0 fully saturated rings. The Labute approximate surface area is 135 Å². The average Bonchev–Trinajstić information content (AvgIpc) is 2.49. The molecule has 0 aromatic heterocycles. The summed E-state index contributed by atoms with van der Waals surface area (Å²) in [5, 5.41) is 15.5. The SMILES string of the molecule is Cc1ccc(NC(=O)CNc2cc(CO)ccc2Cl)c(C)c1. The minimum atomic E-state index is -0.155. The maximum Gasteiger partial charge on any atom is 0.243 e. The highest BCUT2D eigenvalue weighted by molar-refractivity contribution is 6.33. The van der Waals surface area contributed by atoms with E-state index in [2.05, 4.69) is 10.6 Å². The van der Waals surface area contributed by atoms with Gasteiger partial charge in [-0.05, 0) is 43.2 Å². The molecule has 2 rings (SSSR count). The lowest BCUT2D eigenvalue weighted by atomic mass is 10.1. The number of aliphatic hydroxyl groups is 1. The zero-order valence-corrected chi connectivity index (χ0v) is 13.4. The Morgan fingerprint density at radius 1 is 1.14 bits per heavy atom. The van der Waals surface area contributed by atoms with Gasteiger partial charge in [-0.2, -0.15) is 0 Å². The first-order valence-electron chi connectivity index (χ1n) is 7.00. The third kappa shape index (κ3) is 4.23. The zero-order valence-electron chi connectivity index (χ0n) is 12.6. The van der Waals surface area contributed by atoms with Gasteiger partial charge in [-0.25, -0.2) is 0 Å². The smallest absolute Gasteiger partial charge is 0.243 e. The first kappa shape index (κ1) is 16.3. The summed E-state index contributed by atoms with van der Waals surface area (Å²) in [4.78, 5) is 12.0. The molecule has 0 spiro atoms. The number of hydrogen-bond acceptors (Lipinski definition) is 3. The zero-order chi connectivity index (χ0) is 16.1. The number of anilines is 2. The van der Waals surface area contributed by atoms with Crippen LogP contribution in [0.4, 0.5) is 11.4 Å². The van der Waals surface area contributed by atoms with Gasteiger partial charge in [0.2, 0.25) is 5.91 Å². The van der Waals surface area contributed by atoms with Gasteiger partial charge in [0.25, 0.3) is 0 Å². The molecule has 0 aliphatic rings. The van der Waals surface area contributed by atoms with Crippen LogP contribution in [0.1, 0.15) is 16.7 Å². The molecule has 2 aromatic carbocycles. The highest BCUT2D eigenvalue weighted by Gasteiger charge is 2.07. The lowest BCUT2D eigenvalue weighted by molar-refractivity contribution is -0.114. The first-order valence-corrected chi connectivity index (χ1v) is 7.37. The number of halogens is 1. The van der Waals surface area contributed by atoms with E-state index in [-0.39, 0.29) is 19.1 Å². The predicted molar refractivity (Wildman–Crippen MR) is 90.4 cm³/mol. The molecule has 22 heavy (non-hydrogen) atoms. The van der Waals surface area contributed by atoms with Crippen molar-refractivity contribution in [3.05, 3.63) is 58.1 Å². The number of benzene rings is 2. The maximum atomic E-state index is 12.0. The molecule has 0 bridgehead atoms. The van der Waals surface area contributed by atoms with Crippen LogP contribution in [0.25, 0.3) is 0 Å². The van der Waals surface area contributed by atoms with E-state index in [1.54, 1.807) is 18.2 Å². The van der Waals surface area contributed by atoms with Crippen LogP contribution in [0, 0.1) is 13.8 Å². The van der Waals surface area contributed by atoms with E-state index in [9.17, 15) is 4.79 Å². The van der Waals surface area contributed by atoms with E-state index in [0.717, 1.165) is 22.4 Å². The monoisotopic (exact) mass is 318 g/mol. The Morgan fingerprint density at radius 2 is 1.91 bits per heavy atom. The maximum absolute atomic E-state index is 12.0. The van der Waals surface area contributed by atoms with E-state index in [4.69, 9.17) is 16.7 Å². The van der Waals surface area contributed by atoms with Crippen molar-refractivity contribution in [1.29, 1.82) is 0 Å². The largest absolute Gasteiger partial charge is 0.392 e. The lowest BCUT2D eigenvalue weighted by Crippen LogP contribution is -2.22. The molecule has 0 aliphatic heterocycles. The van der Waals surface area contributed by atoms with Gasteiger partial charge < -0.3 is 15.7 Å². The molecule has 0 radical (unpaired) electrons. The summed E-state index contributed by atoms with van der Waals surface area (Å²) in [6.07, 6.45) is 0. The fourth-order valence-electron chi connectivity index (χ4n) is 2.13. The summed E-state index contributed by atoms with van der Waals surface area (Å²) < 4.78 is 0. The van der Waals surface area contributed by atoms with Gasteiger partial charge in [-0.1, -0.05) is 35.4 Å². The number of aliphatic hydroxyl groups excluding tert-OH is 1. The second kappa shape index (κ2) is 7.29. The Hall–Kier alpha value is -2.04. The fraction of sp³-hybridized carbons (Fsp3) is 0.235. The van der Waals surface area contributed by atoms with E-state index in [1.165, 1.54) is 0 Å². The minimum Gasteiger partial charge on any atom is -0.392 e. The molecule has 3 N–H and O–H groups in total. The van der Waals surface area contributed by atoms with Gasteiger partial charge in [0.15, 0.2) is 0 Å². The third-order valence-corrected chi connectivity index (χ3v) is 3.64. The van der Waals surface area contributed by atoms with Crippen LogP contribution < -0.4 is 10.6 Å². The number of amides is 1. The molecule has 5 heteroatoms. The molecule has 0 saturated heterocycles. The second-order valence-electron chi connectivity index (χ2n) is 5.19. The highest BCUT2D eigenvalue weighted by atomic mass is 35.5. The molecule has 1 amide bonds. The predicted octanol–water partition coefficient (Wildman–Crippen LogP) is 3.50. The van der Waals surface area contributed by atoms with Crippen LogP contribution in [0.5, 0.6) is 0 Å². The molecular formula is C17H19ClN2O2. The normalized spacial score (nSPS) is 10.4. The van der Waals surface area contributed by atoms with Gasteiger partial charge in [-0.3, -0.25) is 4.79 Å². The molecular weight excluding hydrogens is 300 g/mol. The van der Waals surface area contributed by atoms with E-state index in [0.29, 0.717) is 10.7 Å². The van der Waals surface area contributed by atoms with Crippen molar-refractivity contribution < 1.29 is 9.90 Å². The van der Waals surface area contributed by atoms with Gasteiger partial charge in [0, 0.05) is 5.69 Å². The Balaban J connectivity index is 1.98. The molecule has 0 aliphatic carbocycles. The van der Waals surface area contributed by atoms with Crippen LogP contribution >= 0.6 is 11.6 Å². The van der Waals surface area contributed by atoms with Crippen LogP contribution in [0.15, 0.2) is 36.4 Å². The van der Waals surface area contributed by atoms with Crippen molar-refractivity contribution in [2.75, 3.05) is 17.2 Å². The fourth-order valence-corrected chi connectivity index (χ4v) is 2.31. The number of rotatable bonds is 5. The van der Waals surface area contributed by atoms with Gasteiger partial charge >= 0.3 is 0 Å².